The van der Waals surface area contributed by atoms with Gasteiger partial charge in [0.1, 0.15) is 5.69 Å². The maximum atomic E-state index is 13.7. The van der Waals surface area contributed by atoms with Crippen LogP contribution in [-0.2, 0) is 22.5 Å². The summed E-state index contributed by atoms with van der Waals surface area (Å²) in [5, 5.41) is 17.4. The standard InChI is InChI=1S/C31H27N5O3/c32-19-27(31(38)33-23-9-6-7-21(17-23)20-35-13-15-39-16-14-35)30(37)28-26-18-22-8-4-5-12-25(22)29(26)36(34-28)24-10-2-1-3-11-24/h1-12,17,27H,13-16,18,20H2,(H,33,38). The summed E-state index contributed by atoms with van der Waals surface area (Å²) in [5.41, 5.74) is 6.20. The van der Waals surface area contributed by atoms with Crippen molar-refractivity contribution in [1.29, 1.82) is 5.26 Å². The van der Waals surface area contributed by atoms with Crippen LogP contribution in [0.4, 0.5) is 5.69 Å². The molecule has 1 aromatic heterocycles. The Balaban J connectivity index is 1.27. The highest BCUT2D eigenvalue weighted by Gasteiger charge is 2.36. The summed E-state index contributed by atoms with van der Waals surface area (Å²) in [6.07, 6.45) is 0.517. The molecule has 1 N–H and O–H groups in total. The van der Waals surface area contributed by atoms with E-state index >= 15 is 0 Å². The molecular weight excluding hydrogens is 490 g/mol. The Bertz CT molecular complexity index is 1580. The van der Waals surface area contributed by atoms with Crippen LogP contribution in [0.5, 0.6) is 0 Å². The Hall–Kier alpha value is -4.58. The molecule has 0 radical (unpaired) electrons. The Morgan fingerprint density at radius 2 is 1.77 bits per heavy atom. The first-order valence-corrected chi connectivity index (χ1v) is 13.0. The molecule has 1 saturated heterocycles. The Morgan fingerprint density at radius 1 is 1.00 bits per heavy atom. The molecule has 1 aliphatic heterocycles. The van der Waals surface area contributed by atoms with Crippen LogP contribution in [0, 0.1) is 17.2 Å². The number of Topliss-reactive ketones (excluding diaryl/α,β-unsaturated/α-hetero) is 1. The summed E-state index contributed by atoms with van der Waals surface area (Å²) in [6.45, 7) is 3.85. The number of para-hydroxylation sites is 1. The third-order valence-corrected chi connectivity index (χ3v) is 7.22. The summed E-state index contributed by atoms with van der Waals surface area (Å²) >= 11 is 0. The number of nitrogens with one attached hydrogen (secondary N) is 1. The third kappa shape index (κ3) is 4.86. The molecular formula is C31H27N5O3. The first-order valence-electron chi connectivity index (χ1n) is 13.0. The molecule has 2 aliphatic rings. The Labute approximate surface area is 226 Å². The largest absolute Gasteiger partial charge is 0.379 e. The molecule has 0 bridgehead atoms. The first-order chi connectivity index (χ1) is 19.1. The number of rotatable bonds is 7. The van der Waals surface area contributed by atoms with E-state index in [1.54, 1.807) is 10.7 Å². The molecule has 1 fully saturated rings. The summed E-state index contributed by atoms with van der Waals surface area (Å²) < 4.78 is 7.16. The van der Waals surface area contributed by atoms with Crippen LogP contribution in [0.15, 0.2) is 78.9 Å². The van der Waals surface area contributed by atoms with Gasteiger partial charge in [0.05, 0.1) is 30.7 Å². The van der Waals surface area contributed by atoms with Crippen molar-refractivity contribution < 1.29 is 14.3 Å². The molecule has 0 saturated carbocycles. The molecule has 1 aliphatic carbocycles. The maximum Gasteiger partial charge on any atom is 0.249 e. The number of anilines is 1. The summed E-state index contributed by atoms with van der Waals surface area (Å²) in [4.78, 5) is 29.2. The lowest BCUT2D eigenvalue weighted by Crippen LogP contribution is -2.35. The smallest absolute Gasteiger partial charge is 0.249 e. The number of carbonyl (C=O) groups is 2. The van der Waals surface area contributed by atoms with Crippen LogP contribution in [0.25, 0.3) is 16.9 Å². The SMILES string of the molecule is N#CC(C(=O)Nc1cccc(CN2CCOCC2)c1)C(=O)c1nn(-c2ccccc2)c2c1Cc1ccccc1-2. The van der Waals surface area contributed by atoms with Gasteiger partial charge in [0.15, 0.2) is 5.92 Å². The minimum Gasteiger partial charge on any atom is -0.379 e. The number of aromatic nitrogens is 2. The van der Waals surface area contributed by atoms with Gasteiger partial charge in [-0.1, -0.05) is 54.6 Å². The van der Waals surface area contributed by atoms with E-state index in [1.165, 1.54) is 0 Å². The molecule has 8 heteroatoms. The minimum absolute atomic E-state index is 0.160. The van der Waals surface area contributed by atoms with Crippen molar-refractivity contribution in [1.82, 2.24) is 14.7 Å². The molecule has 194 valence electrons. The van der Waals surface area contributed by atoms with E-state index in [0.29, 0.717) is 25.3 Å². The molecule has 3 aromatic carbocycles. The number of benzene rings is 3. The lowest BCUT2D eigenvalue weighted by atomic mass is 9.98. The lowest BCUT2D eigenvalue weighted by Gasteiger charge is -2.26. The van der Waals surface area contributed by atoms with Gasteiger partial charge >= 0.3 is 0 Å². The molecule has 0 spiro atoms. The van der Waals surface area contributed by atoms with Gasteiger partial charge in [-0.3, -0.25) is 14.5 Å². The van der Waals surface area contributed by atoms with Crippen molar-refractivity contribution in [3.05, 3.63) is 101 Å². The van der Waals surface area contributed by atoms with Crippen molar-refractivity contribution in [2.24, 2.45) is 5.92 Å². The average Bonchev–Trinajstić information content (AvgIpc) is 3.52. The molecule has 1 unspecified atom stereocenters. The number of fused-ring (bicyclic) bond motifs is 3. The number of morpholine rings is 1. The zero-order valence-electron chi connectivity index (χ0n) is 21.3. The van der Waals surface area contributed by atoms with Gasteiger partial charge in [-0.05, 0) is 35.4 Å². The number of ketones is 1. The van der Waals surface area contributed by atoms with E-state index in [0.717, 1.165) is 53.3 Å². The van der Waals surface area contributed by atoms with Crippen LogP contribution in [0.2, 0.25) is 0 Å². The first kappa shape index (κ1) is 24.7. The zero-order chi connectivity index (χ0) is 26.8. The van der Waals surface area contributed by atoms with E-state index < -0.39 is 17.6 Å². The van der Waals surface area contributed by atoms with E-state index in [4.69, 9.17) is 4.74 Å². The second-order valence-corrected chi connectivity index (χ2v) is 9.76. The van der Waals surface area contributed by atoms with Gasteiger partial charge in [0, 0.05) is 42.9 Å². The maximum absolute atomic E-state index is 13.7. The van der Waals surface area contributed by atoms with E-state index in [1.807, 2.05) is 78.9 Å². The third-order valence-electron chi connectivity index (χ3n) is 7.22. The van der Waals surface area contributed by atoms with Gasteiger partial charge in [0.2, 0.25) is 11.7 Å². The number of hydrogen-bond donors (Lipinski definition) is 1. The van der Waals surface area contributed by atoms with Crippen molar-refractivity contribution in [3.8, 4) is 23.0 Å². The number of amides is 1. The number of ether oxygens (including phenoxy) is 1. The van der Waals surface area contributed by atoms with Gasteiger partial charge in [-0.15, -0.1) is 0 Å². The topological polar surface area (TPSA) is 100 Å². The lowest BCUT2D eigenvalue weighted by molar-refractivity contribution is -0.117. The van der Waals surface area contributed by atoms with Crippen LogP contribution in [0.1, 0.15) is 27.2 Å². The molecule has 8 nitrogen and oxygen atoms in total. The molecule has 6 rings (SSSR count). The van der Waals surface area contributed by atoms with Crippen molar-refractivity contribution in [2.75, 3.05) is 31.6 Å². The number of hydrogen-bond acceptors (Lipinski definition) is 6. The normalized spacial score (nSPS) is 15.2. The Kier molecular flexibility index (Phi) is 6.76. The predicted molar refractivity (Wildman–Crippen MR) is 146 cm³/mol. The average molecular weight is 518 g/mol. The molecule has 1 amide bonds. The number of nitrogens with zero attached hydrogens (tertiary/aromatic N) is 4. The summed E-state index contributed by atoms with van der Waals surface area (Å²) in [6, 6.07) is 26.9. The van der Waals surface area contributed by atoms with Crippen LogP contribution >= 0.6 is 0 Å². The number of carbonyl (C=O) groups excluding carboxylic acids is 2. The molecule has 4 aromatic rings. The summed E-state index contributed by atoms with van der Waals surface area (Å²) in [5.74, 6) is -2.79. The van der Waals surface area contributed by atoms with E-state index in [9.17, 15) is 14.9 Å². The van der Waals surface area contributed by atoms with Gasteiger partial charge in [0.25, 0.3) is 0 Å². The minimum atomic E-state index is -1.53. The van der Waals surface area contributed by atoms with Gasteiger partial charge in [-0.2, -0.15) is 10.4 Å². The monoisotopic (exact) mass is 517 g/mol. The van der Waals surface area contributed by atoms with Gasteiger partial charge < -0.3 is 10.1 Å². The molecule has 2 heterocycles. The van der Waals surface area contributed by atoms with Crippen molar-refractivity contribution in [2.45, 2.75) is 13.0 Å². The second kappa shape index (κ2) is 10.7. The van der Waals surface area contributed by atoms with E-state index in [2.05, 4.69) is 15.3 Å². The Morgan fingerprint density at radius 3 is 2.56 bits per heavy atom. The highest BCUT2D eigenvalue weighted by atomic mass is 16.5. The fourth-order valence-corrected chi connectivity index (χ4v) is 5.30. The number of nitriles is 1. The fourth-order valence-electron chi connectivity index (χ4n) is 5.30. The zero-order valence-corrected chi connectivity index (χ0v) is 21.3. The highest BCUT2D eigenvalue weighted by molar-refractivity contribution is 6.16. The quantitative estimate of drug-likeness (QED) is 0.256. The molecule has 1 atom stereocenters. The van der Waals surface area contributed by atoms with E-state index in [-0.39, 0.29) is 5.69 Å². The van der Waals surface area contributed by atoms with Crippen molar-refractivity contribution >= 4 is 17.4 Å². The van der Waals surface area contributed by atoms with Crippen LogP contribution in [-0.4, -0.2) is 52.7 Å². The fraction of sp³-hybridized carbons (Fsp3) is 0.226. The summed E-state index contributed by atoms with van der Waals surface area (Å²) in [7, 11) is 0. The predicted octanol–water partition coefficient (Wildman–Crippen LogP) is 4.24. The van der Waals surface area contributed by atoms with Gasteiger partial charge in [-0.25, -0.2) is 4.68 Å². The van der Waals surface area contributed by atoms with Crippen molar-refractivity contribution in [3.63, 3.8) is 0 Å². The van der Waals surface area contributed by atoms with Crippen LogP contribution in [0.3, 0.4) is 0 Å². The highest BCUT2D eigenvalue weighted by Crippen LogP contribution is 2.40. The second-order valence-electron chi connectivity index (χ2n) is 9.76. The molecule has 39 heavy (non-hydrogen) atoms. The van der Waals surface area contributed by atoms with Crippen LogP contribution < -0.4 is 5.32 Å².